The summed E-state index contributed by atoms with van der Waals surface area (Å²) in [6.07, 6.45) is 0.415. The molecule has 0 aromatic heterocycles. The third-order valence-electron chi connectivity index (χ3n) is 4.36. The van der Waals surface area contributed by atoms with Crippen molar-refractivity contribution in [3.05, 3.63) is 23.3 Å². The third-order valence-corrected chi connectivity index (χ3v) is 4.36. The number of hydrogen-bond acceptors (Lipinski definition) is 4. The van der Waals surface area contributed by atoms with Crippen LogP contribution in [0.5, 0.6) is 11.5 Å². The molecule has 0 bridgehead atoms. The van der Waals surface area contributed by atoms with Crippen LogP contribution in [0.15, 0.2) is 12.1 Å². The number of likely N-dealkylation sites (N-methyl/N-ethyl adjacent to an activating group) is 1. The molecule has 0 spiro atoms. The number of benzene rings is 1. The summed E-state index contributed by atoms with van der Waals surface area (Å²) in [5, 5.41) is 0. The molecule has 1 aliphatic heterocycles. The van der Waals surface area contributed by atoms with E-state index in [1.54, 1.807) is 14.2 Å². The molecule has 122 valence electrons. The highest BCUT2D eigenvalue weighted by Crippen LogP contribution is 2.30. The maximum Gasteiger partial charge on any atom is 0.227 e. The number of hydrogen-bond donors (Lipinski definition) is 0. The van der Waals surface area contributed by atoms with E-state index in [9.17, 15) is 4.79 Å². The second-order valence-corrected chi connectivity index (χ2v) is 5.63. The van der Waals surface area contributed by atoms with E-state index in [2.05, 4.69) is 11.8 Å². The monoisotopic (exact) mass is 306 g/mol. The fourth-order valence-corrected chi connectivity index (χ4v) is 2.80. The van der Waals surface area contributed by atoms with Gasteiger partial charge in [-0.25, -0.2) is 0 Å². The van der Waals surface area contributed by atoms with E-state index in [1.807, 2.05) is 24.0 Å². The Kier molecular flexibility index (Phi) is 5.66. The molecular weight excluding hydrogens is 280 g/mol. The summed E-state index contributed by atoms with van der Waals surface area (Å²) in [6.45, 7) is 8.78. The number of piperazine rings is 1. The molecule has 0 radical (unpaired) electrons. The number of carbonyl (C=O) groups excluding carboxylic acids is 1. The van der Waals surface area contributed by atoms with Crippen LogP contribution in [0.2, 0.25) is 0 Å². The number of nitrogens with zero attached hydrogens (tertiary/aromatic N) is 2. The van der Waals surface area contributed by atoms with Crippen LogP contribution in [0, 0.1) is 6.92 Å². The number of aryl methyl sites for hydroxylation is 1. The molecule has 0 saturated carbocycles. The molecule has 1 fully saturated rings. The van der Waals surface area contributed by atoms with Gasteiger partial charge < -0.3 is 19.3 Å². The highest BCUT2D eigenvalue weighted by Gasteiger charge is 2.21. The minimum absolute atomic E-state index is 0.186. The average Bonchev–Trinajstić information content (AvgIpc) is 2.56. The van der Waals surface area contributed by atoms with Crippen molar-refractivity contribution < 1.29 is 14.3 Å². The zero-order valence-corrected chi connectivity index (χ0v) is 14.0. The van der Waals surface area contributed by atoms with Crippen molar-refractivity contribution in [3.63, 3.8) is 0 Å². The lowest BCUT2D eigenvalue weighted by atomic mass is 10.0. The van der Waals surface area contributed by atoms with Gasteiger partial charge in [0.25, 0.3) is 0 Å². The molecule has 1 amide bonds. The molecule has 2 rings (SSSR count). The van der Waals surface area contributed by atoms with Gasteiger partial charge in [-0.2, -0.15) is 0 Å². The van der Waals surface area contributed by atoms with Gasteiger partial charge in [0.2, 0.25) is 5.91 Å². The van der Waals surface area contributed by atoms with Crippen molar-refractivity contribution in [2.45, 2.75) is 20.3 Å². The standard InChI is InChI=1S/C17H26N2O3/c1-5-18-6-8-19(9-7-18)17(20)12-14-11-16(22-4)15(21-3)10-13(14)2/h10-11H,5-9,12H2,1-4H3. The summed E-state index contributed by atoms with van der Waals surface area (Å²) in [5.74, 6) is 1.56. The lowest BCUT2D eigenvalue weighted by Gasteiger charge is -2.34. The first-order valence-corrected chi connectivity index (χ1v) is 7.80. The maximum absolute atomic E-state index is 12.5. The predicted molar refractivity (Wildman–Crippen MR) is 86.7 cm³/mol. The Labute approximate surface area is 132 Å². The average molecular weight is 306 g/mol. The van der Waals surface area contributed by atoms with Gasteiger partial charge in [-0.1, -0.05) is 6.92 Å². The van der Waals surface area contributed by atoms with Crippen molar-refractivity contribution in [2.24, 2.45) is 0 Å². The number of carbonyl (C=O) groups is 1. The SMILES string of the molecule is CCN1CCN(C(=O)Cc2cc(OC)c(OC)cc2C)CC1. The Morgan fingerprint density at radius 2 is 1.68 bits per heavy atom. The smallest absolute Gasteiger partial charge is 0.227 e. The van der Waals surface area contributed by atoms with Crippen molar-refractivity contribution in [3.8, 4) is 11.5 Å². The summed E-state index contributed by atoms with van der Waals surface area (Å²) in [4.78, 5) is 16.8. The van der Waals surface area contributed by atoms with Crippen LogP contribution in [0.4, 0.5) is 0 Å². The number of amides is 1. The van der Waals surface area contributed by atoms with Crippen molar-refractivity contribution >= 4 is 5.91 Å². The van der Waals surface area contributed by atoms with Gasteiger partial charge >= 0.3 is 0 Å². The fraction of sp³-hybridized carbons (Fsp3) is 0.588. The zero-order valence-electron chi connectivity index (χ0n) is 14.0. The Morgan fingerprint density at radius 3 is 2.23 bits per heavy atom. The van der Waals surface area contributed by atoms with Crippen LogP contribution in [-0.4, -0.2) is 62.7 Å². The summed E-state index contributed by atoms with van der Waals surface area (Å²) in [5.41, 5.74) is 2.05. The summed E-state index contributed by atoms with van der Waals surface area (Å²) < 4.78 is 10.6. The van der Waals surface area contributed by atoms with Gasteiger partial charge in [-0.05, 0) is 36.7 Å². The van der Waals surface area contributed by atoms with Gasteiger partial charge in [0, 0.05) is 26.2 Å². The molecule has 22 heavy (non-hydrogen) atoms. The molecule has 0 unspecified atom stereocenters. The molecule has 5 heteroatoms. The maximum atomic E-state index is 12.5. The Hall–Kier alpha value is -1.75. The molecular formula is C17H26N2O3. The van der Waals surface area contributed by atoms with Crippen molar-refractivity contribution in [1.29, 1.82) is 0 Å². The fourth-order valence-electron chi connectivity index (χ4n) is 2.80. The summed E-state index contributed by atoms with van der Waals surface area (Å²) in [7, 11) is 3.23. The highest BCUT2D eigenvalue weighted by atomic mass is 16.5. The largest absolute Gasteiger partial charge is 0.493 e. The molecule has 1 aromatic carbocycles. The van der Waals surface area contributed by atoms with Crippen LogP contribution >= 0.6 is 0 Å². The van der Waals surface area contributed by atoms with Gasteiger partial charge in [0.15, 0.2) is 11.5 Å². The molecule has 1 aliphatic rings. The van der Waals surface area contributed by atoms with E-state index in [4.69, 9.17) is 9.47 Å². The molecule has 0 atom stereocenters. The molecule has 1 saturated heterocycles. The van der Waals surface area contributed by atoms with Crippen LogP contribution in [0.3, 0.4) is 0 Å². The van der Waals surface area contributed by atoms with Crippen LogP contribution < -0.4 is 9.47 Å². The van der Waals surface area contributed by atoms with E-state index in [0.29, 0.717) is 17.9 Å². The minimum Gasteiger partial charge on any atom is -0.493 e. The molecule has 0 N–H and O–H groups in total. The van der Waals surface area contributed by atoms with E-state index in [0.717, 1.165) is 43.9 Å². The second kappa shape index (κ2) is 7.49. The molecule has 1 aromatic rings. The number of methoxy groups -OCH3 is 2. The zero-order chi connectivity index (χ0) is 16.1. The first-order valence-electron chi connectivity index (χ1n) is 7.80. The molecule has 0 aliphatic carbocycles. The van der Waals surface area contributed by atoms with E-state index >= 15 is 0 Å². The van der Waals surface area contributed by atoms with E-state index in [-0.39, 0.29) is 5.91 Å². The van der Waals surface area contributed by atoms with Gasteiger partial charge in [-0.15, -0.1) is 0 Å². The topological polar surface area (TPSA) is 42.0 Å². The lowest BCUT2D eigenvalue weighted by Crippen LogP contribution is -2.48. The Morgan fingerprint density at radius 1 is 1.09 bits per heavy atom. The predicted octanol–water partition coefficient (Wildman–Crippen LogP) is 1.72. The first-order chi connectivity index (χ1) is 10.6. The lowest BCUT2D eigenvalue weighted by molar-refractivity contribution is -0.132. The highest BCUT2D eigenvalue weighted by molar-refractivity contribution is 5.79. The van der Waals surface area contributed by atoms with Crippen molar-refractivity contribution in [2.75, 3.05) is 46.9 Å². The van der Waals surface area contributed by atoms with Crippen LogP contribution in [0.25, 0.3) is 0 Å². The number of rotatable bonds is 5. The van der Waals surface area contributed by atoms with Gasteiger partial charge in [0.1, 0.15) is 0 Å². The number of ether oxygens (including phenoxy) is 2. The third kappa shape index (κ3) is 3.71. The van der Waals surface area contributed by atoms with Crippen molar-refractivity contribution in [1.82, 2.24) is 9.80 Å². The normalized spacial score (nSPS) is 15.7. The van der Waals surface area contributed by atoms with E-state index in [1.165, 1.54) is 0 Å². The summed E-state index contributed by atoms with van der Waals surface area (Å²) >= 11 is 0. The van der Waals surface area contributed by atoms with Crippen LogP contribution in [0.1, 0.15) is 18.1 Å². The first kappa shape index (κ1) is 16.6. The van der Waals surface area contributed by atoms with Crippen LogP contribution in [-0.2, 0) is 11.2 Å². The molecule has 1 heterocycles. The Bertz CT molecular complexity index is 523. The minimum atomic E-state index is 0.186. The Balaban J connectivity index is 2.05. The van der Waals surface area contributed by atoms with Gasteiger partial charge in [-0.3, -0.25) is 4.79 Å². The molecule has 5 nitrogen and oxygen atoms in total. The quantitative estimate of drug-likeness (QED) is 0.831. The van der Waals surface area contributed by atoms with E-state index < -0.39 is 0 Å². The van der Waals surface area contributed by atoms with Gasteiger partial charge in [0.05, 0.1) is 20.6 Å². The second-order valence-electron chi connectivity index (χ2n) is 5.63. The summed E-state index contributed by atoms with van der Waals surface area (Å²) in [6, 6.07) is 3.84.